The van der Waals surface area contributed by atoms with Crippen molar-refractivity contribution in [3.63, 3.8) is 0 Å². The smallest absolute Gasteiger partial charge is 0.214 e. The lowest BCUT2D eigenvalue weighted by molar-refractivity contribution is 0.307. The molecular formula is C18H19BrN4O2S. The molecule has 0 amide bonds. The van der Waals surface area contributed by atoms with Gasteiger partial charge in [-0.3, -0.25) is 0 Å². The van der Waals surface area contributed by atoms with E-state index in [1.165, 1.54) is 0 Å². The van der Waals surface area contributed by atoms with Gasteiger partial charge in [-0.15, -0.1) is 0 Å². The number of hydrogen-bond donors (Lipinski definition) is 2. The lowest BCUT2D eigenvalue weighted by Crippen LogP contribution is -2.17. The van der Waals surface area contributed by atoms with Gasteiger partial charge in [0.25, 0.3) is 0 Å². The number of aromatic nitrogens is 3. The van der Waals surface area contributed by atoms with Gasteiger partial charge in [-0.05, 0) is 31.3 Å². The van der Waals surface area contributed by atoms with Crippen LogP contribution in [0.5, 0.6) is 11.5 Å². The third kappa shape index (κ3) is 3.76. The zero-order valence-corrected chi connectivity index (χ0v) is 16.9. The number of halogens is 1. The number of hydrogen-bond acceptors (Lipinski definition) is 5. The Morgan fingerprint density at radius 1 is 1.23 bits per heavy atom. The zero-order chi connectivity index (χ0) is 18.5. The highest BCUT2D eigenvalue weighted by Gasteiger charge is 2.15. The fraction of sp³-hybridized carbons (Fsp3) is 0.222. The summed E-state index contributed by atoms with van der Waals surface area (Å²) < 4.78 is 14.4. The lowest BCUT2D eigenvalue weighted by Gasteiger charge is -2.17. The molecule has 136 valence electrons. The Kier molecular flexibility index (Phi) is 5.95. The number of nitrogens with one attached hydrogen (secondary N) is 2. The van der Waals surface area contributed by atoms with Crippen molar-refractivity contribution in [1.82, 2.24) is 14.9 Å². The van der Waals surface area contributed by atoms with Gasteiger partial charge in [0.05, 0.1) is 20.3 Å². The minimum Gasteiger partial charge on any atom is -0.493 e. The SMILES string of the molecule is CCOc1c(OC)ccc(Br)c1CNn1c(-c2ccccc2)n[nH]c1=S. The first kappa shape index (κ1) is 18.5. The molecule has 1 aromatic heterocycles. The highest BCUT2D eigenvalue weighted by Crippen LogP contribution is 2.36. The van der Waals surface area contributed by atoms with Gasteiger partial charge in [0, 0.05) is 15.6 Å². The third-order valence-corrected chi connectivity index (χ3v) is 4.81. The highest BCUT2D eigenvalue weighted by atomic mass is 79.9. The van der Waals surface area contributed by atoms with Crippen LogP contribution < -0.4 is 14.9 Å². The Balaban J connectivity index is 1.94. The predicted molar refractivity (Wildman–Crippen MR) is 108 cm³/mol. The van der Waals surface area contributed by atoms with Crippen molar-refractivity contribution in [2.75, 3.05) is 19.1 Å². The molecule has 0 atom stereocenters. The normalized spacial score (nSPS) is 10.6. The third-order valence-electron chi connectivity index (χ3n) is 3.79. The number of H-pyrrole nitrogens is 1. The van der Waals surface area contributed by atoms with Crippen molar-refractivity contribution in [2.24, 2.45) is 0 Å². The molecule has 2 aromatic carbocycles. The van der Waals surface area contributed by atoms with Crippen molar-refractivity contribution in [1.29, 1.82) is 0 Å². The summed E-state index contributed by atoms with van der Waals surface area (Å²) in [4.78, 5) is 0. The first-order chi connectivity index (χ1) is 12.7. The molecule has 8 heteroatoms. The summed E-state index contributed by atoms with van der Waals surface area (Å²) in [6.45, 7) is 2.96. The van der Waals surface area contributed by atoms with E-state index in [9.17, 15) is 0 Å². The molecule has 1 heterocycles. The molecule has 0 aliphatic carbocycles. The van der Waals surface area contributed by atoms with E-state index in [4.69, 9.17) is 21.7 Å². The second-order valence-electron chi connectivity index (χ2n) is 5.38. The number of benzene rings is 2. The molecule has 0 unspecified atom stereocenters. The van der Waals surface area contributed by atoms with Crippen LogP contribution in [0.3, 0.4) is 0 Å². The Labute approximate surface area is 165 Å². The summed E-state index contributed by atoms with van der Waals surface area (Å²) >= 11 is 8.96. The summed E-state index contributed by atoms with van der Waals surface area (Å²) in [6, 6.07) is 13.7. The maximum Gasteiger partial charge on any atom is 0.214 e. The van der Waals surface area contributed by atoms with E-state index in [-0.39, 0.29) is 0 Å². The molecular weight excluding hydrogens is 416 g/mol. The number of methoxy groups -OCH3 is 1. The standard InChI is InChI=1S/C18H19BrN4O2S/c1-3-25-16-13(14(19)9-10-15(16)24-2)11-20-23-17(21-22-18(23)26)12-7-5-4-6-8-12/h4-10,20H,3,11H2,1-2H3,(H,22,26). The second kappa shape index (κ2) is 8.37. The zero-order valence-electron chi connectivity index (χ0n) is 14.5. The van der Waals surface area contributed by atoms with Crippen molar-refractivity contribution >= 4 is 28.1 Å². The largest absolute Gasteiger partial charge is 0.493 e. The lowest BCUT2D eigenvalue weighted by atomic mass is 10.2. The second-order valence-corrected chi connectivity index (χ2v) is 6.62. The number of nitrogens with zero attached hydrogens (tertiary/aromatic N) is 2. The maximum absolute atomic E-state index is 5.80. The summed E-state index contributed by atoms with van der Waals surface area (Å²) in [5, 5.41) is 7.16. The predicted octanol–water partition coefficient (Wildman–Crippen LogP) is 4.52. The van der Waals surface area contributed by atoms with Gasteiger partial charge in [-0.2, -0.15) is 5.10 Å². The van der Waals surface area contributed by atoms with Gasteiger partial charge in [0.1, 0.15) is 0 Å². The van der Waals surface area contributed by atoms with E-state index in [2.05, 4.69) is 31.6 Å². The van der Waals surface area contributed by atoms with E-state index in [1.807, 2.05) is 49.4 Å². The van der Waals surface area contributed by atoms with Gasteiger partial charge >= 0.3 is 0 Å². The quantitative estimate of drug-likeness (QED) is 0.535. The minimum absolute atomic E-state index is 0.473. The fourth-order valence-electron chi connectivity index (χ4n) is 2.59. The molecule has 0 saturated carbocycles. The average Bonchev–Trinajstić information content (AvgIpc) is 3.03. The summed E-state index contributed by atoms with van der Waals surface area (Å²) in [6.07, 6.45) is 0. The first-order valence-electron chi connectivity index (χ1n) is 8.10. The number of rotatable bonds is 7. The van der Waals surface area contributed by atoms with Gasteiger partial charge in [-0.25, -0.2) is 9.77 Å². The molecule has 0 radical (unpaired) electrons. The Morgan fingerprint density at radius 2 is 2.00 bits per heavy atom. The van der Waals surface area contributed by atoms with Crippen LogP contribution in [-0.4, -0.2) is 28.6 Å². The van der Waals surface area contributed by atoms with E-state index in [1.54, 1.807) is 11.8 Å². The Bertz CT molecular complexity index is 940. The molecule has 0 aliphatic rings. The van der Waals surface area contributed by atoms with Crippen molar-refractivity contribution < 1.29 is 9.47 Å². The Hall–Kier alpha value is -2.32. The molecule has 2 N–H and O–H groups in total. The highest BCUT2D eigenvalue weighted by molar-refractivity contribution is 9.10. The fourth-order valence-corrected chi connectivity index (χ4v) is 3.24. The van der Waals surface area contributed by atoms with Gasteiger partial charge in [-0.1, -0.05) is 46.3 Å². The van der Waals surface area contributed by atoms with Gasteiger partial charge < -0.3 is 14.9 Å². The van der Waals surface area contributed by atoms with Crippen LogP contribution in [0, 0.1) is 4.77 Å². The topological polar surface area (TPSA) is 64.1 Å². The molecule has 0 bridgehead atoms. The van der Waals surface area contributed by atoms with Crippen LogP contribution in [0.25, 0.3) is 11.4 Å². The van der Waals surface area contributed by atoms with Gasteiger partial charge in [0.15, 0.2) is 17.3 Å². The van der Waals surface area contributed by atoms with E-state index >= 15 is 0 Å². The maximum atomic E-state index is 5.80. The molecule has 0 spiro atoms. The average molecular weight is 435 g/mol. The Morgan fingerprint density at radius 3 is 2.69 bits per heavy atom. The monoisotopic (exact) mass is 434 g/mol. The molecule has 3 aromatic rings. The van der Waals surface area contributed by atoms with E-state index < -0.39 is 0 Å². The van der Waals surface area contributed by atoms with Crippen LogP contribution in [0.2, 0.25) is 0 Å². The van der Waals surface area contributed by atoms with Gasteiger partial charge in [0.2, 0.25) is 4.77 Å². The van der Waals surface area contributed by atoms with Crippen LogP contribution >= 0.6 is 28.1 Å². The number of ether oxygens (including phenoxy) is 2. The van der Waals surface area contributed by atoms with Crippen LogP contribution in [-0.2, 0) is 6.54 Å². The van der Waals surface area contributed by atoms with Crippen molar-refractivity contribution in [3.8, 4) is 22.9 Å². The molecule has 0 aliphatic heterocycles. The molecule has 26 heavy (non-hydrogen) atoms. The van der Waals surface area contributed by atoms with Crippen LogP contribution in [0.4, 0.5) is 0 Å². The molecule has 6 nitrogen and oxygen atoms in total. The summed E-state index contributed by atoms with van der Waals surface area (Å²) in [5.74, 6) is 2.10. The number of aromatic amines is 1. The molecule has 0 fully saturated rings. The van der Waals surface area contributed by atoms with Crippen LogP contribution in [0.1, 0.15) is 12.5 Å². The minimum atomic E-state index is 0.473. The van der Waals surface area contributed by atoms with Crippen LogP contribution in [0.15, 0.2) is 46.9 Å². The van der Waals surface area contributed by atoms with E-state index in [0.717, 1.165) is 15.6 Å². The van der Waals surface area contributed by atoms with E-state index in [0.29, 0.717) is 35.2 Å². The first-order valence-corrected chi connectivity index (χ1v) is 9.30. The summed E-state index contributed by atoms with van der Waals surface area (Å²) in [5.41, 5.74) is 5.22. The summed E-state index contributed by atoms with van der Waals surface area (Å²) in [7, 11) is 1.63. The molecule has 3 rings (SSSR count). The van der Waals surface area contributed by atoms with Crippen molar-refractivity contribution in [3.05, 3.63) is 57.3 Å². The molecule has 0 saturated heterocycles. The van der Waals surface area contributed by atoms with Crippen molar-refractivity contribution in [2.45, 2.75) is 13.5 Å².